The zero-order valence-electron chi connectivity index (χ0n) is 9.75. The molecule has 1 N–H and O–H groups in total. The van der Waals surface area contributed by atoms with Gasteiger partial charge in [0.15, 0.2) is 11.6 Å². The molecule has 0 heterocycles. The fraction of sp³-hybridized carbons (Fsp3) is 0.0714. The van der Waals surface area contributed by atoms with Crippen LogP contribution in [0.25, 0.3) is 0 Å². The Morgan fingerprint density at radius 2 is 1.74 bits per heavy atom. The third-order valence-electron chi connectivity index (χ3n) is 2.57. The van der Waals surface area contributed by atoms with Gasteiger partial charge < -0.3 is 5.32 Å². The van der Waals surface area contributed by atoms with Gasteiger partial charge in [0.2, 0.25) is 0 Å². The second kappa shape index (κ2) is 5.44. The van der Waals surface area contributed by atoms with Crippen LogP contribution in [0.3, 0.4) is 0 Å². The lowest BCUT2D eigenvalue weighted by Gasteiger charge is -2.07. The Kier molecular flexibility index (Phi) is 3.71. The van der Waals surface area contributed by atoms with Crippen molar-refractivity contribution >= 4 is 5.69 Å². The Balaban J connectivity index is 2.08. The molecule has 0 radical (unpaired) electrons. The fourth-order valence-electron chi connectivity index (χ4n) is 1.57. The van der Waals surface area contributed by atoms with Crippen LogP contribution in [0.1, 0.15) is 11.1 Å². The van der Waals surface area contributed by atoms with Crippen molar-refractivity contribution < 1.29 is 13.2 Å². The van der Waals surface area contributed by atoms with Crippen molar-refractivity contribution in [3.8, 4) is 6.07 Å². The molecule has 0 atom stereocenters. The number of nitrogens with one attached hydrogen (secondary N) is 1. The van der Waals surface area contributed by atoms with Crippen LogP contribution in [-0.2, 0) is 6.54 Å². The Bertz CT molecular complexity index is 648. The lowest BCUT2D eigenvalue weighted by molar-refractivity contribution is 0.507. The van der Waals surface area contributed by atoms with Crippen LogP contribution in [-0.4, -0.2) is 0 Å². The summed E-state index contributed by atoms with van der Waals surface area (Å²) in [6.07, 6.45) is 0. The van der Waals surface area contributed by atoms with Crippen LogP contribution >= 0.6 is 0 Å². The maximum atomic E-state index is 13.3. The third kappa shape index (κ3) is 3.05. The van der Waals surface area contributed by atoms with Gasteiger partial charge in [0.05, 0.1) is 5.56 Å². The molecule has 2 aromatic rings. The number of benzene rings is 2. The molecule has 0 bridgehead atoms. The van der Waals surface area contributed by atoms with Crippen molar-refractivity contribution in [1.82, 2.24) is 0 Å². The molecule has 0 saturated heterocycles. The maximum Gasteiger partial charge on any atom is 0.159 e. The van der Waals surface area contributed by atoms with E-state index in [1.54, 1.807) is 12.1 Å². The normalized spacial score (nSPS) is 10.0. The standard InChI is InChI=1S/C14H9F3N2/c15-12-4-1-9(5-14(12)17)8-19-11-3-2-10(7-18)13(16)6-11/h1-6,19H,8H2. The van der Waals surface area contributed by atoms with E-state index in [-0.39, 0.29) is 12.1 Å². The van der Waals surface area contributed by atoms with E-state index < -0.39 is 17.5 Å². The maximum absolute atomic E-state index is 13.3. The second-order valence-electron chi connectivity index (χ2n) is 3.91. The summed E-state index contributed by atoms with van der Waals surface area (Å²) in [6, 6.07) is 9.33. The summed E-state index contributed by atoms with van der Waals surface area (Å²) >= 11 is 0. The average Bonchev–Trinajstić information content (AvgIpc) is 2.40. The fourth-order valence-corrected chi connectivity index (χ4v) is 1.57. The highest BCUT2D eigenvalue weighted by Gasteiger charge is 2.04. The predicted octanol–water partition coefficient (Wildman–Crippen LogP) is 3.59. The van der Waals surface area contributed by atoms with E-state index in [4.69, 9.17) is 5.26 Å². The van der Waals surface area contributed by atoms with E-state index in [1.807, 2.05) is 0 Å². The van der Waals surface area contributed by atoms with Crippen molar-refractivity contribution in [3.63, 3.8) is 0 Å². The molecule has 96 valence electrons. The third-order valence-corrected chi connectivity index (χ3v) is 2.57. The van der Waals surface area contributed by atoms with Crippen LogP contribution in [0.2, 0.25) is 0 Å². The number of nitriles is 1. The largest absolute Gasteiger partial charge is 0.381 e. The molecule has 2 rings (SSSR count). The summed E-state index contributed by atoms with van der Waals surface area (Å²) in [7, 11) is 0. The first-order chi connectivity index (χ1) is 9.10. The molecule has 0 saturated carbocycles. The van der Waals surface area contributed by atoms with Gasteiger partial charge in [-0.15, -0.1) is 0 Å². The van der Waals surface area contributed by atoms with Gasteiger partial charge in [0.25, 0.3) is 0 Å². The van der Waals surface area contributed by atoms with Gasteiger partial charge in [0.1, 0.15) is 11.9 Å². The monoisotopic (exact) mass is 262 g/mol. The quantitative estimate of drug-likeness (QED) is 0.917. The Labute approximate surface area is 108 Å². The lowest BCUT2D eigenvalue weighted by Crippen LogP contribution is -2.01. The first-order valence-corrected chi connectivity index (χ1v) is 5.47. The highest BCUT2D eigenvalue weighted by molar-refractivity contribution is 5.48. The molecule has 0 aliphatic carbocycles. The number of nitrogens with zero attached hydrogens (tertiary/aromatic N) is 1. The summed E-state index contributed by atoms with van der Waals surface area (Å²) < 4.78 is 39.0. The molecule has 0 unspecified atom stereocenters. The highest BCUT2D eigenvalue weighted by Crippen LogP contribution is 2.15. The smallest absolute Gasteiger partial charge is 0.159 e. The van der Waals surface area contributed by atoms with E-state index >= 15 is 0 Å². The number of hydrogen-bond donors (Lipinski definition) is 1. The molecule has 2 aromatic carbocycles. The molecule has 0 fully saturated rings. The van der Waals surface area contributed by atoms with E-state index in [0.717, 1.165) is 12.1 Å². The van der Waals surface area contributed by atoms with Gasteiger partial charge in [0, 0.05) is 12.2 Å². The summed E-state index contributed by atoms with van der Waals surface area (Å²) in [5.41, 5.74) is 0.947. The van der Waals surface area contributed by atoms with Crippen molar-refractivity contribution in [2.24, 2.45) is 0 Å². The molecular formula is C14H9F3N2. The minimum Gasteiger partial charge on any atom is -0.381 e. The molecule has 2 nitrogen and oxygen atoms in total. The van der Waals surface area contributed by atoms with Gasteiger partial charge in [-0.05, 0) is 35.9 Å². The van der Waals surface area contributed by atoms with E-state index in [9.17, 15) is 13.2 Å². The SMILES string of the molecule is N#Cc1ccc(NCc2ccc(F)c(F)c2)cc1F. The molecule has 5 heteroatoms. The summed E-state index contributed by atoms with van der Waals surface area (Å²) in [6.45, 7) is 0.225. The molecule has 0 aliphatic heterocycles. The predicted molar refractivity (Wildman–Crippen MR) is 64.8 cm³/mol. The average molecular weight is 262 g/mol. The van der Waals surface area contributed by atoms with Crippen LogP contribution in [0.15, 0.2) is 36.4 Å². The van der Waals surface area contributed by atoms with Gasteiger partial charge in [-0.25, -0.2) is 13.2 Å². The molecule has 0 aliphatic rings. The molecule has 19 heavy (non-hydrogen) atoms. The zero-order chi connectivity index (χ0) is 13.8. The van der Waals surface area contributed by atoms with Gasteiger partial charge in [-0.3, -0.25) is 0 Å². The Hall–Kier alpha value is -2.48. The molecule has 0 spiro atoms. The highest BCUT2D eigenvalue weighted by atomic mass is 19.2. The number of halogens is 3. The van der Waals surface area contributed by atoms with Gasteiger partial charge in [-0.1, -0.05) is 6.07 Å². The zero-order valence-corrected chi connectivity index (χ0v) is 9.75. The summed E-state index contributed by atoms with van der Waals surface area (Å²) in [5, 5.41) is 11.4. The number of rotatable bonds is 3. The van der Waals surface area contributed by atoms with Crippen LogP contribution in [0.5, 0.6) is 0 Å². The first-order valence-electron chi connectivity index (χ1n) is 5.47. The lowest BCUT2D eigenvalue weighted by atomic mass is 10.2. The van der Waals surface area contributed by atoms with E-state index in [1.165, 1.54) is 18.2 Å². The topological polar surface area (TPSA) is 35.8 Å². The molecule has 0 aromatic heterocycles. The second-order valence-corrected chi connectivity index (χ2v) is 3.91. The summed E-state index contributed by atoms with van der Waals surface area (Å²) in [5.74, 6) is -2.46. The van der Waals surface area contributed by atoms with Crippen LogP contribution in [0.4, 0.5) is 18.9 Å². The van der Waals surface area contributed by atoms with Crippen molar-refractivity contribution in [3.05, 3.63) is 65.0 Å². The number of hydrogen-bond acceptors (Lipinski definition) is 2. The Morgan fingerprint density at radius 3 is 2.37 bits per heavy atom. The van der Waals surface area contributed by atoms with Gasteiger partial charge >= 0.3 is 0 Å². The minimum absolute atomic E-state index is 0.0432. The van der Waals surface area contributed by atoms with E-state index in [0.29, 0.717) is 11.3 Å². The van der Waals surface area contributed by atoms with Crippen LogP contribution < -0.4 is 5.32 Å². The first kappa shape index (κ1) is 13.0. The van der Waals surface area contributed by atoms with Crippen molar-refractivity contribution in [2.45, 2.75) is 6.54 Å². The van der Waals surface area contributed by atoms with Crippen molar-refractivity contribution in [2.75, 3.05) is 5.32 Å². The van der Waals surface area contributed by atoms with Crippen LogP contribution in [0, 0.1) is 28.8 Å². The minimum atomic E-state index is -0.926. The molecule has 0 amide bonds. The van der Waals surface area contributed by atoms with Crippen molar-refractivity contribution in [1.29, 1.82) is 5.26 Å². The van der Waals surface area contributed by atoms with Gasteiger partial charge in [-0.2, -0.15) is 5.26 Å². The van der Waals surface area contributed by atoms with E-state index in [2.05, 4.69) is 5.32 Å². The number of anilines is 1. The summed E-state index contributed by atoms with van der Waals surface area (Å²) in [4.78, 5) is 0. The molecular weight excluding hydrogens is 253 g/mol. The Morgan fingerprint density at radius 1 is 0.947 bits per heavy atom.